The highest BCUT2D eigenvalue weighted by atomic mass is 16.4. The Bertz CT molecular complexity index is 234. The van der Waals surface area contributed by atoms with Crippen molar-refractivity contribution in [3.63, 3.8) is 0 Å². The quantitative estimate of drug-likeness (QED) is 0.551. The lowest BCUT2D eigenvalue weighted by molar-refractivity contribution is -0.151. The van der Waals surface area contributed by atoms with E-state index in [0.29, 0.717) is 12.8 Å². The monoisotopic (exact) mass is 186 g/mol. The molecule has 0 aromatic heterocycles. The second kappa shape index (κ2) is 3.33. The van der Waals surface area contributed by atoms with Gasteiger partial charge in [0.15, 0.2) is 0 Å². The lowest BCUT2D eigenvalue weighted by atomic mass is 9.76. The number of carboxylic acids is 1. The van der Waals surface area contributed by atoms with E-state index in [2.05, 4.69) is 5.32 Å². The number of rotatable bonds is 3. The van der Waals surface area contributed by atoms with Crippen LogP contribution in [0.25, 0.3) is 0 Å². The number of nitrogens with one attached hydrogen (secondary N) is 1. The van der Waals surface area contributed by atoms with Gasteiger partial charge in [-0.3, -0.25) is 4.79 Å². The van der Waals surface area contributed by atoms with Crippen LogP contribution in [-0.4, -0.2) is 28.6 Å². The summed E-state index contributed by atoms with van der Waals surface area (Å²) in [6.07, 6.45) is 1.84. The van der Waals surface area contributed by atoms with Gasteiger partial charge in [-0.1, -0.05) is 0 Å². The zero-order valence-corrected chi connectivity index (χ0v) is 7.54. The second-order valence-corrected chi connectivity index (χ2v) is 3.52. The molecule has 13 heavy (non-hydrogen) atoms. The predicted octanol–water partition coefficient (Wildman–Crippen LogP) is -0.543. The third-order valence-corrected chi connectivity index (χ3v) is 2.39. The Morgan fingerprint density at radius 1 is 1.54 bits per heavy atom. The summed E-state index contributed by atoms with van der Waals surface area (Å²) < 4.78 is 0. The van der Waals surface area contributed by atoms with Crippen LogP contribution < -0.4 is 11.1 Å². The van der Waals surface area contributed by atoms with E-state index < -0.39 is 23.5 Å². The highest BCUT2D eigenvalue weighted by Gasteiger charge is 2.45. The van der Waals surface area contributed by atoms with E-state index in [1.54, 1.807) is 0 Å². The molecule has 0 aromatic rings. The first-order chi connectivity index (χ1) is 5.98. The molecule has 5 heteroatoms. The van der Waals surface area contributed by atoms with Gasteiger partial charge in [-0.25, -0.2) is 4.79 Å². The molecule has 4 N–H and O–H groups in total. The number of nitrogens with two attached hydrogens (primary N) is 1. The molecule has 1 aliphatic rings. The van der Waals surface area contributed by atoms with Crippen LogP contribution in [0.3, 0.4) is 0 Å². The Hall–Kier alpha value is -1.10. The Morgan fingerprint density at radius 2 is 2.08 bits per heavy atom. The van der Waals surface area contributed by atoms with E-state index in [1.807, 2.05) is 0 Å². The molecule has 0 radical (unpaired) electrons. The molecule has 0 aromatic carbocycles. The minimum absolute atomic E-state index is 0.401. The molecule has 1 fully saturated rings. The van der Waals surface area contributed by atoms with Crippen LogP contribution >= 0.6 is 0 Å². The molecule has 0 saturated heterocycles. The number of carbonyl (C=O) groups is 2. The van der Waals surface area contributed by atoms with Crippen LogP contribution in [0.15, 0.2) is 0 Å². The van der Waals surface area contributed by atoms with Gasteiger partial charge in [0.05, 0.1) is 6.04 Å². The zero-order chi connectivity index (χ0) is 10.1. The van der Waals surface area contributed by atoms with E-state index in [1.165, 1.54) is 6.92 Å². The predicted molar refractivity (Wildman–Crippen MR) is 46.0 cm³/mol. The zero-order valence-electron chi connectivity index (χ0n) is 7.54. The normalized spacial score (nSPS) is 21.4. The molecule has 1 rings (SSSR count). The standard InChI is InChI=1S/C8H14N2O3/c1-5(9)6(11)10-8(7(12)13)3-2-4-8/h5H,2-4,9H2,1H3,(H,10,11)(H,12,13)/t5-/m1/s1. The first-order valence-corrected chi connectivity index (χ1v) is 4.29. The molecular formula is C8H14N2O3. The Kier molecular flexibility index (Phi) is 2.56. The minimum atomic E-state index is -1.04. The van der Waals surface area contributed by atoms with Gasteiger partial charge < -0.3 is 16.2 Å². The summed E-state index contributed by atoms with van der Waals surface area (Å²) in [6, 6.07) is -0.656. The average Bonchev–Trinajstić information content (AvgIpc) is 1.95. The van der Waals surface area contributed by atoms with Gasteiger partial charge in [0.2, 0.25) is 5.91 Å². The van der Waals surface area contributed by atoms with Crippen molar-refractivity contribution >= 4 is 11.9 Å². The van der Waals surface area contributed by atoms with Crippen molar-refractivity contribution in [2.24, 2.45) is 5.73 Å². The average molecular weight is 186 g/mol. The van der Waals surface area contributed by atoms with Gasteiger partial charge in [-0.05, 0) is 26.2 Å². The molecule has 0 bridgehead atoms. The maximum Gasteiger partial charge on any atom is 0.329 e. The number of carboxylic acid groups (broad SMARTS) is 1. The van der Waals surface area contributed by atoms with Gasteiger partial charge in [0, 0.05) is 0 Å². The molecule has 1 aliphatic carbocycles. The van der Waals surface area contributed by atoms with Gasteiger partial charge in [0.25, 0.3) is 0 Å². The fourth-order valence-electron chi connectivity index (χ4n) is 1.27. The highest BCUT2D eigenvalue weighted by molar-refractivity contribution is 5.89. The van der Waals surface area contributed by atoms with Gasteiger partial charge in [-0.2, -0.15) is 0 Å². The summed E-state index contributed by atoms with van der Waals surface area (Å²) in [6.45, 7) is 1.53. The maximum absolute atomic E-state index is 11.2. The fourth-order valence-corrected chi connectivity index (χ4v) is 1.27. The van der Waals surface area contributed by atoms with Crippen LogP contribution in [0.1, 0.15) is 26.2 Å². The molecule has 1 saturated carbocycles. The first kappa shape index (κ1) is 9.98. The van der Waals surface area contributed by atoms with Crippen molar-refractivity contribution in [1.29, 1.82) is 0 Å². The van der Waals surface area contributed by atoms with Gasteiger partial charge in [0.1, 0.15) is 5.54 Å². The topological polar surface area (TPSA) is 92.4 Å². The number of amides is 1. The third kappa shape index (κ3) is 1.80. The number of hydrogen-bond donors (Lipinski definition) is 3. The SMILES string of the molecule is C[C@@H](N)C(=O)NC1(C(=O)O)CCC1. The van der Waals surface area contributed by atoms with E-state index in [9.17, 15) is 9.59 Å². The smallest absolute Gasteiger partial charge is 0.329 e. The fraction of sp³-hybridized carbons (Fsp3) is 0.750. The molecule has 0 heterocycles. The van der Waals surface area contributed by atoms with Crippen LogP contribution in [0, 0.1) is 0 Å². The molecular weight excluding hydrogens is 172 g/mol. The third-order valence-electron chi connectivity index (χ3n) is 2.39. The molecule has 74 valence electrons. The van der Waals surface area contributed by atoms with E-state index >= 15 is 0 Å². The summed E-state index contributed by atoms with van der Waals surface area (Å²) in [5.74, 6) is -1.37. The Morgan fingerprint density at radius 3 is 2.31 bits per heavy atom. The Labute approximate surface area is 76.3 Å². The van der Waals surface area contributed by atoms with Gasteiger partial charge in [-0.15, -0.1) is 0 Å². The maximum atomic E-state index is 11.2. The van der Waals surface area contributed by atoms with Crippen molar-refractivity contribution in [3.8, 4) is 0 Å². The van der Waals surface area contributed by atoms with Crippen LogP contribution in [0.4, 0.5) is 0 Å². The summed E-state index contributed by atoms with van der Waals surface area (Å²) in [7, 11) is 0. The van der Waals surface area contributed by atoms with Crippen LogP contribution in [0.2, 0.25) is 0 Å². The van der Waals surface area contributed by atoms with Crippen LogP contribution in [0.5, 0.6) is 0 Å². The summed E-state index contributed by atoms with van der Waals surface area (Å²) in [5, 5.41) is 11.3. The second-order valence-electron chi connectivity index (χ2n) is 3.52. The molecule has 0 unspecified atom stereocenters. The minimum Gasteiger partial charge on any atom is -0.480 e. The van der Waals surface area contributed by atoms with E-state index in [-0.39, 0.29) is 0 Å². The molecule has 5 nitrogen and oxygen atoms in total. The molecule has 1 atom stereocenters. The number of hydrogen-bond acceptors (Lipinski definition) is 3. The lowest BCUT2D eigenvalue weighted by Crippen LogP contribution is -2.61. The highest BCUT2D eigenvalue weighted by Crippen LogP contribution is 2.31. The largest absolute Gasteiger partial charge is 0.480 e. The van der Waals surface area contributed by atoms with Crippen molar-refractivity contribution in [2.75, 3.05) is 0 Å². The lowest BCUT2D eigenvalue weighted by Gasteiger charge is -2.38. The molecule has 0 aliphatic heterocycles. The van der Waals surface area contributed by atoms with Gasteiger partial charge >= 0.3 is 5.97 Å². The van der Waals surface area contributed by atoms with Crippen molar-refractivity contribution in [1.82, 2.24) is 5.32 Å². The van der Waals surface area contributed by atoms with E-state index in [4.69, 9.17) is 10.8 Å². The number of aliphatic carboxylic acids is 1. The van der Waals surface area contributed by atoms with Crippen molar-refractivity contribution < 1.29 is 14.7 Å². The summed E-state index contributed by atoms with van der Waals surface area (Å²) >= 11 is 0. The first-order valence-electron chi connectivity index (χ1n) is 4.29. The van der Waals surface area contributed by atoms with Crippen molar-refractivity contribution in [3.05, 3.63) is 0 Å². The summed E-state index contributed by atoms with van der Waals surface area (Å²) in [5.41, 5.74) is 4.28. The van der Waals surface area contributed by atoms with Crippen LogP contribution in [-0.2, 0) is 9.59 Å². The van der Waals surface area contributed by atoms with Crippen molar-refractivity contribution in [2.45, 2.75) is 37.8 Å². The number of carbonyl (C=O) groups excluding carboxylic acids is 1. The molecule has 0 spiro atoms. The summed E-state index contributed by atoms with van der Waals surface area (Å²) in [4.78, 5) is 22.0. The Balaban J connectivity index is 2.59. The van der Waals surface area contributed by atoms with E-state index in [0.717, 1.165) is 6.42 Å². The molecule has 1 amide bonds.